The van der Waals surface area contributed by atoms with Gasteiger partial charge < -0.3 is 21.5 Å². The number of aliphatic hydroxyl groups excluding tert-OH is 1. The summed E-state index contributed by atoms with van der Waals surface area (Å²) in [6.07, 6.45) is -5.14. The first kappa shape index (κ1) is 17.3. The summed E-state index contributed by atoms with van der Waals surface area (Å²) in [5, 5.41) is 14.7. The van der Waals surface area contributed by atoms with Gasteiger partial charge in [0, 0.05) is 25.3 Å². The van der Waals surface area contributed by atoms with Crippen LogP contribution in [0.5, 0.6) is 0 Å². The number of carbonyl (C=O) groups excluding carboxylic acids is 1. The van der Waals surface area contributed by atoms with Gasteiger partial charge in [0.1, 0.15) is 0 Å². The Hall–Kier alpha value is -1.80. The predicted octanol–water partition coefficient (Wildman–Crippen LogP) is 1.19. The molecule has 0 saturated carbocycles. The fourth-order valence-electron chi connectivity index (χ4n) is 1.71. The standard InChI is InChI=1S/C13H18F3N3O2/c1-8(20)7-18-4-5-19-9-2-3-10(12(17)21)11(6-9)13(14,15)16/h2-3,6,8,18-20H,4-5,7H2,1H3,(H2,17,21). The minimum absolute atomic E-state index is 0.242. The second kappa shape index (κ2) is 7.28. The highest BCUT2D eigenvalue weighted by Gasteiger charge is 2.35. The number of benzene rings is 1. The Morgan fingerprint density at radius 3 is 2.57 bits per heavy atom. The number of carbonyl (C=O) groups is 1. The van der Waals surface area contributed by atoms with Gasteiger partial charge in [0.25, 0.3) is 0 Å². The van der Waals surface area contributed by atoms with E-state index >= 15 is 0 Å². The first-order chi connectivity index (χ1) is 9.71. The average Bonchev–Trinajstić information content (AvgIpc) is 2.36. The summed E-state index contributed by atoms with van der Waals surface area (Å²) < 4.78 is 38.5. The zero-order valence-corrected chi connectivity index (χ0v) is 11.5. The largest absolute Gasteiger partial charge is 0.417 e. The maximum atomic E-state index is 12.8. The van der Waals surface area contributed by atoms with E-state index in [1.165, 1.54) is 6.07 Å². The minimum Gasteiger partial charge on any atom is -0.392 e. The second-order valence-electron chi connectivity index (χ2n) is 4.60. The van der Waals surface area contributed by atoms with E-state index in [9.17, 15) is 18.0 Å². The second-order valence-corrected chi connectivity index (χ2v) is 4.60. The predicted molar refractivity (Wildman–Crippen MR) is 73.0 cm³/mol. The van der Waals surface area contributed by atoms with Gasteiger partial charge in [-0.1, -0.05) is 0 Å². The lowest BCUT2D eigenvalue weighted by Crippen LogP contribution is -2.29. The van der Waals surface area contributed by atoms with Gasteiger partial charge in [0.05, 0.1) is 17.2 Å². The Morgan fingerprint density at radius 2 is 2.05 bits per heavy atom. The van der Waals surface area contributed by atoms with Crippen molar-refractivity contribution in [1.29, 1.82) is 0 Å². The average molecular weight is 305 g/mol. The van der Waals surface area contributed by atoms with Crippen LogP contribution >= 0.6 is 0 Å². The summed E-state index contributed by atoms with van der Waals surface area (Å²) in [6.45, 7) is 2.87. The van der Waals surface area contributed by atoms with E-state index in [0.717, 1.165) is 12.1 Å². The molecule has 0 aliphatic carbocycles. The zero-order valence-electron chi connectivity index (χ0n) is 11.5. The Balaban J connectivity index is 2.71. The molecule has 8 heteroatoms. The highest BCUT2D eigenvalue weighted by Crippen LogP contribution is 2.33. The number of halogens is 3. The van der Waals surface area contributed by atoms with Crippen LogP contribution in [-0.2, 0) is 6.18 Å². The van der Waals surface area contributed by atoms with Gasteiger partial charge in [0.2, 0.25) is 5.91 Å². The monoisotopic (exact) mass is 305 g/mol. The minimum atomic E-state index is -4.65. The third-order valence-electron chi connectivity index (χ3n) is 2.66. The molecule has 0 fully saturated rings. The molecule has 0 bridgehead atoms. The molecule has 1 unspecified atom stereocenters. The van der Waals surface area contributed by atoms with Crippen LogP contribution in [0.25, 0.3) is 0 Å². The van der Waals surface area contributed by atoms with Crippen molar-refractivity contribution in [3.8, 4) is 0 Å². The molecule has 0 aliphatic heterocycles. The van der Waals surface area contributed by atoms with Crippen LogP contribution in [0.15, 0.2) is 18.2 Å². The van der Waals surface area contributed by atoms with E-state index in [4.69, 9.17) is 10.8 Å². The van der Waals surface area contributed by atoms with Gasteiger partial charge in [-0.05, 0) is 25.1 Å². The molecule has 21 heavy (non-hydrogen) atoms. The topological polar surface area (TPSA) is 87.4 Å². The summed E-state index contributed by atoms with van der Waals surface area (Å²) in [5.41, 5.74) is 3.56. The van der Waals surface area contributed by atoms with Gasteiger partial charge in [-0.2, -0.15) is 13.2 Å². The Labute approximate surface area is 120 Å². The fraction of sp³-hybridized carbons (Fsp3) is 0.462. The van der Waals surface area contributed by atoms with E-state index in [2.05, 4.69) is 10.6 Å². The number of nitrogens with two attached hydrogens (primary N) is 1. The van der Waals surface area contributed by atoms with Crippen molar-refractivity contribution >= 4 is 11.6 Å². The normalized spacial score (nSPS) is 13.0. The van der Waals surface area contributed by atoms with E-state index in [0.29, 0.717) is 19.6 Å². The van der Waals surface area contributed by atoms with Crippen molar-refractivity contribution in [3.63, 3.8) is 0 Å². The van der Waals surface area contributed by atoms with Crippen molar-refractivity contribution in [1.82, 2.24) is 5.32 Å². The number of rotatable bonds is 7. The molecule has 0 aliphatic rings. The summed E-state index contributed by atoms with van der Waals surface area (Å²) in [6, 6.07) is 3.27. The molecule has 5 nitrogen and oxygen atoms in total. The van der Waals surface area contributed by atoms with Gasteiger partial charge in [-0.3, -0.25) is 4.79 Å². The first-order valence-corrected chi connectivity index (χ1v) is 6.35. The number of hydrogen-bond donors (Lipinski definition) is 4. The van der Waals surface area contributed by atoms with Crippen molar-refractivity contribution in [3.05, 3.63) is 29.3 Å². The Kier molecular flexibility index (Phi) is 5.98. The lowest BCUT2D eigenvalue weighted by Gasteiger charge is -2.14. The fourth-order valence-corrected chi connectivity index (χ4v) is 1.71. The Morgan fingerprint density at radius 1 is 1.38 bits per heavy atom. The van der Waals surface area contributed by atoms with Gasteiger partial charge in [-0.15, -0.1) is 0 Å². The van der Waals surface area contributed by atoms with Crippen LogP contribution in [-0.4, -0.2) is 36.8 Å². The lowest BCUT2D eigenvalue weighted by atomic mass is 10.1. The molecule has 1 atom stereocenters. The molecule has 1 aromatic rings. The molecule has 0 saturated heterocycles. The molecule has 0 heterocycles. The molecule has 5 N–H and O–H groups in total. The molecule has 1 aromatic carbocycles. The van der Waals surface area contributed by atoms with Crippen LogP contribution < -0.4 is 16.4 Å². The van der Waals surface area contributed by atoms with Gasteiger partial charge >= 0.3 is 6.18 Å². The van der Waals surface area contributed by atoms with Gasteiger partial charge in [0.15, 0.2) is 0 Å². The summed E-state index contributed by atoms with van der Waals surface area (Å²) >= 11 is 0. The van der Waals surface area contributed by atoms with Crippen LogP contribution in [0.2, 0.25) is 0 Å². The summed E-state index contributed by atoms with van der Waals surface area (Å²) in [7, 11) is 0. The van der Waals surface area contributed by atoms with E-state index in [-0.39, 0.29) is 5.69 Å². The SMILES string of the molecule is CC(O)CNCCNc1ccc(C(N)=O)c(C(F)(F)F)c1. The van der Waals surface area contributed by atoms with Gasteiger partial charge in [-0.25, -0.2) is 0 Å². The van der Waals surface area contributed by atoms with Crippen molar-refractivity contribution in [2.75, 3.05) is 25.0 Å². The van der Waals surface area contributed by atoms with E-state index < -0.39 is 29.3 Å². The van der Waals surface area contributed by atoms with E-state index in [1.807, 2.05) is 0 Å². The smallest absolute Gasteiger partial charge is 0.392 e. The zero-order chi connectivity index (χ0) is 16.0. The number of anilines is 1. The van der Waals surface area contributed by atoms with Crippen molar-refractivity contribution < 1.29 is 23.1 Å². The number of primary amides is 1. The highest BCUT2D eigenvalue weighted by molar-refractivity contribution is 5.95. The van der Waals surface area contributed by atoms with Crippen molar-refractivity contribution in [2.45, 2.75) is 19.2 Å². The molecule has 1 amide bonds. The molecule has 0 spiro atoms. The summed E-state index contributed by atoms with van der Waals surface area (Å²) in [5.74, 6) is -1.12. The van der Waals surface area contributed by atoms with Crippen LogP contribution in [0.4, 0.5) is 18.9 Å². The number of aliphatic hydroxyl groups is 1. The maximum absolute atomic E-state index is 12.8. The molecular formula is C13H18F3N3O2. The van der Waals surface area contributed by atoms with E-state index in [1.54, 1.807) is 6.92 Å². The Bertz CT molecular complexity index is 490. The van der Waals surface area contributed by atoms with Crippen LogP contribution in [0.3, 0.4) is 0 Å². The number of hydrogen-bond acceptors (Lipinski definition) is 4. The molecule has 0 aromatic heterocycles. The molecule has 118 valence electrons. The number of nitrogens with one attached hydrogen (secondary N) is 2. The number of alkyl halides is 3. The highest BCUT2D eigenvalue weighted by atomic mass is 19.4. The first-order valence-electron chi connectivity index (χ1n) is 6.35. The lowest BCUT2D eigenvalue weighted by molar-refractivity contribution is -0.137. The maximum Gasteiger partial charge on any atom is 0.417 e. The quantitative estimate of drug-likeness (QED) is 0.570. The molecule has 0 radical (unpaired) electrons. The molecular weight excluding hydrogens is 287 g/mol. The number of amides is 1. The van der Waals surface area contributed by atoms with Crippen LogP contribution in [0.1, 0.15) is 22.8 Å². The summed E-state index contributed by atoms with van der Waals surface area (Å²) in [4.78, 5) is 11.0. The molecule has 1 rings (SSSR count). The third kappa shape index (κ3) is 5.60. The van der Waals surface area contributed by atoms with Crippen molar-refractivity contribution in [2.24, 2.45) is 5.73 Å². The third-order valence-corrected chi connectivity index (χ3v) is 2.66. The van der Waals surface area contributed by atoms with Crippen LogP contribution in [0, 0.1) is 0 Å².